The molecule has 0 heterocycles. The summed E-state index contributed by atoms with van der Waals surface area (Å²) in [5, 5.41) is 0. The zero-order chi connectivity index (χ0) is 26.4. The Balaban J connectivity index is -0.0000000455. The zero-order valence-electron chi connectivity index (χ0n) is 19.9. The standard InChI is InChI=1S/C3H11NO3Si.3C3H10OSi.3H2O.2O.3V/c4-2-1-3-8(5,6)7;3*1-5(2,3)4;;;;;;;;/h5-7H,1-4H2;3*4H,1-3H3;3*1H2;;;;;/q;;;;;;;;;;+1;+2/p-3. The van der Waals surface area contributed by atoms with Crippen LogP contribution < -0.4 is 5.73 Å². The molecule has 0 bridgehead atoms. The second-order valence-corrected chi connectivity index (χ2v) is 24.6. The van der Waals surface area contributed by atoms with Gasteiger partial charge in [-0.25, -0.2) is 0 Å². The van der Waals surface area contributed by atoms with E-state index in [4.69, 9.17) is 54.0 Å². The van der Waals surface area contributed by atoms with Crippen molar-refractivity contribution in [1.82, 2.24) is 0 Å². The van der Waals surface area contributed by atoms with Gasteiger partial charge in [-0.3, -0.25) is 0 Å². The Morgan fingerprint density at radius 3 is 0.903 bits per heavy atom. The molecule has 194 valence electrons. The van der Waals surface area contributed by atoms with Crippen molar-refractivity contribution < 1.29 is 99.2 Å². The van der Waals surface area contributed by atoms with Gasteiger partial charge in [-0.2, -0.15) is 0 Å². The summed E-state index contributed by atoms with van der Waals surface area (Å²) in [6.07, 6.45) is 0.468. The molecule has 0 amide bonds. The van der Waals surface area contributed by atoms with E-state index < -0.39 is 66.1 Å². The van der Waals surface area contributed by atoms with Gasteiger partial charge in [0.25, 0.3) is 0 Å². The van der Waals surface area contributed by atoms with Gasteiger partial charge in [0.2, 0.25) is 0 Å². The van der Waals surface area contributed by atoms with Crippen LogP contribution in [0, 0.1) is 0 Å². The van der Waals surface area contributed by atoms with Gasteiger partial charge in [0.1, 0.15) is 0 Å². The van der Waals surface area contributed by atoms with Crippen LogP contribution in [0.2, 0.25) is 65.0 Å². The van der Waals surface area contributed by atoms with Gasteiger partial charge in [0, 0.05) is 24.6 Å². The fraction of sp³-hybridized carbons (Fsp3) is 1.00. The molecule has 31 heavy (non-hydrogen) atoms. The minimum atomic E-state index is -3.76. The molecule has 19 heteroatoms. The monoisotopic (exact) mass is 643 g/mol. The molecule has 0 aliphatic heterocycles. The molecule has 0 unspecified atom stereocenters. The van der Waals surface area contributed by atoms with Crippen LogP contribution in [0.5, 0.6) is 0 Å². The van der Waals surface area contributed by atoms with Crippen LogP contribution >= 0.6 is 0 Å². The molecule has 0 aromatic carbocycles. The van der Waals surface area contributed by atoms with E-state index in [2.05, 4.69) is 0 Å². The summed E-state index contributed by atoms with van der Waals surface area (Å²) in [6.45, 7) is 17.3. The van der Waals surface area contributed by atoms with E-state index in [1.807, 2.05) is 58.9 Å². The third kappa shape index (κ3) is 608. The van der Waals surface area contributed by atoms with Gasteiger partial charge in [-0.15, -0.1) is 0 Å². The van der Waals surface area contributed by atoms with E-state index in [0.29, 0.717) is 13.0 Å². The van der Waals surface area contributed by atoms with Crippen LogP contribution in [0.4, 0.5) is 0 Å². The molecule has 0 aliphatic rings. The maximum absolute atomic E-state index is 8.78. The molecular weight excluding hydrogens is 599 g/mol. The van der Waals surface area contributed by atoms with Gasteiger partial charge < -0.3 is 34.5 Å². The first-order valence-corrected chi connectivity index (χ1v) is 24.0. The van der Waals surface area contributed by atoms with E-state index in [-0.39, 0.29) is 24.6 Å². The first-order chi connectivity index (χ1) is 12.7. The van der Waals surface area contributed by atoms with Gasteiger partial charge in [0.15, 0.2) is 25.0 Å². The zero-order valence-corrected chi connectivity index (χ0v) is 28.1. The molecule has 1 radical (unpaired) electrons. The summed E-state index contributed by atoms with van der Waals surface area (Å²) in [5.74, 6) is 0. The Kier molecular flexibility index (Phi) is 45.1. The maximum atomic E-state index is 8.78. The average molecular weight is 644 g/mol. The van der Waals surface area contributed by atoms with Crippen molar-refractivity contribution in [2.45, 2.75) is 71.4 Å². The van der Waals surface area contributed by atoms with Crippen molar-refractivity contribution >= 4 is 33.8 Å². The first-order valence-electron chi connectivity index (χ1n) is 8.57. The molecular formula is C12H44NO11Si4V3. The number of rotatable bonds is 3. The summed E-state index contributed by atoms with van der Waals surface area (Å²) in [7, 11) is -8.59. The van der Waals surface area contributed by atoms with E-state index in [1.54, 1.807) is 0 Å². The summed E-state index contributed by atoms with van der Waals surface area (Å²) in [4.78, 5) is 51.0. The Morgan fingerprint density at radius 2 is 0.871 bits per heavy atom. The smallest absolute Gasteiger partial charge is 0 e. The van der Waals surface area contributed by atoms with Crippen LogP contribution in [0.25, 0.3) is 0 Å². The predicted octanol–water partition coefficient (Wildman–Crippen LogP) is -1.22. The Morgan fingerprint density at radius 1 is 0.742 bits per heavy atom. The molecule has 0 atom stereocenters. The maximum Gasteiger partial charge on any atom is 0 e. The Hall–Kier alpha value is 1.82. The van der Waals surface area contributed by atoms with Gasteiger partial charge >= 0.3 is 60.6 Å². The fourth-order valence-corrected chi connectivity index (χ4v) is 1.02. The van der Waals surface area contributed by atoms with Gasteiger partial charge in [-0.05, 0) is 71.9 Å². The second kappa shape index (κ2) is 28.1. The quantitative estimate of drug-likeness (QED) is 0.163. The summed E-state index contributed by atoms with van der Waals surface area (Å²) < 4.78 is 38.9. The van der Waals surface area contributed by atoms with Crippen LogP contribution in [-0.2, 0) is 58.3 Å². The summed E-state index contributed by atoms with van der Waals surface area (Å²) in [5.41, 5.74) is 5.02. The summed E-state index contributed by atoms with van der Waals surface area (Å²) in [6, 6.07) is 0.0451. The van der Waals surface area contributed by atoms with Crippen molar-refractivity contribution in [1.29, 1.82) is 0 Å². The van der Waals surface area contributed by atoms with Crippen molar-refractivity contribution in [3.63, 3.8) is 0 Å². The Bertz CT molecular complexity index is 337. The van der Waals surface area contributed by atoms with E-state index >= 15 is 0 Å². The van der Waals surface area contributed by atoms with Crippen molar-refractivity contribution in [3.05, 3.63) is 0 Å². The molecule has 0 saturated heterocycles. The van der Waals surface area contributed by atoms with Crippen molar-refractivity contribution in [2.75, 3.05) is 6.54 Å². The number of hydrogen-bond donors (Lipinski definition) is 10. The molecule has 12 nitrogen and oxygen atoms in total. The minimum absolute atomic E-state index is 0. The first kappa shape index (κ1) is 49.8. The largest absolute Gasteiger partial charge is 0 e. The normalized spacial score (nSPS) is 10.2. The second-order valence-electron chi connectivity index (χ2n) is 8.51. The van der Waals surface area contributed by atoms with Crippen LogP contribution in [0.3, 0.4) is 0 Å². The molecule has 0 aromatic heterocycles. The fourth-order valence-electron chi connectivity index (χ4n) is 0.339. The van der Waals surface area contributed by atoms with Crippen molar-refractivity contribution in [2.24, 2.45) is 5.73 Å². The van der Waals surface area contributed by atoms with E-state index in [1.165, 1.54) is 0 Å². The molecule has 0 aromatic rings. The van der Waals surface area contributed by atoms with Crippen LogP contribution in [0.15, 0.2) is 0 Å². The van der Waals surface area contributed by atoms with E-state index in [9.17, 15) is 0 Å². The predicted molar refractivity (Wildman–Crippen MR) is 116 cm³/mol. The molecule has 0 rings (SSSR count). The van der Waals surface area contributed by atoms with E-state index in [0.717, 1.165) is 0 Å². The van der Waals surface area contributed by atoms with Crippen LogP contribution in [-0.4, -0.2) is 81.2 Å². The van der Waals surface area contributed by atoms with Gasteiger partial charge in [0.05, 0.1) is 0 Å². The topological polar surface area (TPSA) is 242 Å². The summed E-state index contributed by atoms with van der Waals surface area (Å²) >= 11 is -5.00. The number of nitrogens with two attached hydrogens (primary N) is 1. The molecule has 0 aliphatic carbocycles. The van der Waals surface area contributed by atoms with Crippen molar-refractivity contribution in [3.8, 4) is 0 Å². The SMILES string of the molecule is C[Si](C)(C)O.C[Si](C)(C)O.C[Si](C)(C)O.NCCC[Si](O)(O)O.[O]=[V]([OH])[OH].[O]=[V][OH].[V]. The molecule has 11 N–H and O–H groups in total. The third-order valence-corrected chi connectivity index (χ3v) is 1.74. The molecule has 0 spiro atoms. The molecule has 0 saturated carbocycles. The van der Waals surface area contributed by atoms with Crippen LogP contribution in [0.1, 0.15) is 6.42 Å². The minimum Gasteiger partial charge on any atom is 0 e. The molecule has 0 fully saturated rings. The number of hydrogen-bond acceptors (Lipinski definition) is 9. The van der Waals surface area contributed by atoms with Gasteiger partial charge in [-0.1, -0.05) is 0 Å². The average Bonchev–Trinajstić information content (AvgIpc) is 2.29. The Labute approximate surface area is 215 Å². The third-order valence-electron chi connectivity index (χ3n) is 0.716.